The van der Waals surface area contributed by atoms with Gasteiger partial charge in [0, 0.05) is 24.0 Å². The molecule has 0 aliphatic rings. The van der Waals surface area contributed by atoms with Crippen molar-refractivity contribution in [1.29, 1.82) is 0 Å². The fourth-order valence-electron chi connectivity index (χ4n) is 1.49. The predicted molar refractivity (Wildman–Crippen MR) is 80.7 cm³/mol. The Morgan fingerprint density at radius 3 is 2.95 bits per heavy atom. The number of nitrogens with zero attached hydrogens (tertiary/aromatic N) is 1. The van der Waals surface area contributed by atoms with E-state index in [4.69, 9.17) is 16.3 Å². The van der Waals surface area contributed by atoms with Gasteiger partial charge in [-0.15, -0.1) is 0 Å². The molecule has 20 heavy (non-hydrogen) atoms. The van der Waals surface area contributed by atoms with Gasteiger partial charge in [-0.3, -0.25) is 9.78 Å². The van der Waals surface area contributed by atoms with Crippen LogP contribution in [-0.2, 0) is 11.3 Å². The van der Waals surface area contributed by atoms with E-state index in [0.29, 0.717) is 21.8 Å². The molecule has 0 unspecified atom stereocenters. The van der Waals surface area contributed by atoms with Crippen LogP contribution >= 0.6 is 27.5 Å². The van der Waals surface area contributed by atoms with E-state index in [-0.39, 0.29) is 12.5 Å². The van der Waals surface area contributed by atoms with E-state index >= 15 is 0 Å². The molecule has 1 amide bonds. The number of halogens is 2. The molecule has 1 heterocycles. The first-order valence-electron chi connectivity index (χ1n) is 5.88. The quantitative estimate of drug-likeness (QED) is 0.896. The van der Waals surface area contributed by atoms with Crippen molar-refractivity contribution in [2.24, 2.45) is 0 Å². The van der Waals surface area contributed by atoms with E-state index in [2.05, 4.69) is 26.2 Å². The molecule has 0 saturated carbocycles. The number of rotatable bonds is 5. The monoisotopic (exact) mass is 354 g/mol. The molecule has 0 saturated heterocycles. The molecular weight excluding hydrogens is 344 g/mol. The smallest absolute Gasteiger partial charge is 0.258 e. The van der Waals surface area contributed by atoms with Gasteiger partial charge in [0.2, 0.25) is 0 Å². The zero-order valence-electron chi connectivity index (χ0n) is 10.5. The number of pyridine rings is 1. The van der Waals surface area contributed by atoms with Gasteiger partial charge in [0.25, 0.3) is 5.91 Å². The first kappa shape index (κ1) is 14.8. The second-order valence-corrected chi connectivity index (χ2v) is 5.29. The highest BCUT2D eigenvalue weighted by molar-refractivity contribution is 9.10. The van der Waals surface area contributed by atoms with Crippen molar-refractivity contribution in [3.8, 4) is 5.75 Å². The molecule has 104 valence electrons. The maximum absolute atomic E-state index is 11.7. The van der Waals surface area contributed by atoms with E-state index in [1.165, 1.54) is 0 Å². The van der Waals surface area contributed by atoms with Crippen molar-refractivity contribution in [3.63, 3.8) is 0 Å². The van der Waals surface area contributed by atoms with Crippen molar-refractivity contribution >= 4 is 33.4 Å². The van der Waals surface area contributed by atoms with Crippen LogP contribution in [0.25, 0.3) is 0 Å². The molecule has 0 spiro atoms. The third-order valence-electron chi connectivity index (χ3n) is 2.47. The van der Waals surface area contributed by atoms with Gasteiger partial charge < -0.3 is 10.1 Å². The Morgan fingerprint density at radius 1 is 1.40 bits per heavy atom. The first-order valence-corrected chi connectivity index (χ1v) is 7.05. The number of carbonyl (C=O) groups is 1. The summed E-state index contributed by atoms with van der Waals surface area (Å²) in [6.45, 7) is 0.373. The predicted octanol–water partition coefficient (Wildman–Crippen LogP) is 3.19. The van der Waals surface area contributed by atoms with Gasteiger partial charge in [-0.25, -0.2) is 0 Å². The number of benzene rings is 1. The molecule has 0 fully saturated rings. The van der Waals surface area contributed by atoms with E-state index < -0.39 is 0 Å². The minimum atomic E-state index is -0.198. The van der Waals surface area contributed by atoms with Crippen LogP contribution in [0, 0.1) is 0 Å². The van der Waals surface area contributed by atoms with E-state index in [9.17, 15) is 4.79 Å². The summed E-state index contributed by atoms with van der Waals surface area (Å²) in [4.78, 5) is 15.6. The van der Waals surface area contributed by atoms with Crippen LogP contribution in [0.4, 0.5) is 0 Å². The summed E-state index contributed by atoms with van der Waals surface area (Å²) in [5.74, 6) is 0.377. The highest BCUT2D eigenvalue weighted by atomic mass is 79.9. The lowest BCUT2D eigenvalue weighted by molar-refractivity contribution is -0.123. The largest absolute Gasteiger partial charge is 0.483 e. The third-order valence-corrected chi connectivity index (χ3v) is 3.32. The van der Waals surface area contributed by atoms with E-state index in [1.54, 1.807) is 30.6 Å². The fraction of sp³-hybridized carbons (Fsp3) is 0.143. The Bertz CT molecular complexity index is 593. The van der Waals surface area contributed by atoms with Gasteiger partial charge >= 0.3 is 0 Å². The lowest BCUT2D eigenvalue weighted by atomic mass is 10.3. The number of ether oxygens (including phenoxy) is 1. The molecule has 0 aliphatic heterocycles. The van der Waals surface area contributed by atoms with Crippen LogP contribution in [0.5, 0.6) is 5.75 Å². The first-order chi connectivity index (χ1) is 9.65. The number of hydrogen-bond donors (Lipinski definition) is 1. The highest BCUT2D eigenvalue weighted by Gasteiger charge is 2.06. The maximum Gasteiger partial charge on any atom is 0.258 e. The van der Waals surface area contributed by atoms with Crippen LogP contribution in [0.2, 0.25) is 5.02 Å². The van der Waals surface area contributed by atoms with E-state index in [1.807, 2.05) is 12.1 Å². The zero-order valence-corrected chi connectivity index (χ0v) is 12.8. The Kier molecular flexibility index (Phi) is 5.38. The molecule has 4 nitrogen and oxygen atoms in total. The van der Waals surface area contributed by atoms with Gasteiger partial charge in [-0.05, 0) is 45.8 Å². The standard InChI is InChI=1S/C14H12BrClN2O2/c15-12-6-11(16)3-4-13(12)20-9-14(19)18-8-10-2-1-5-17-7-10/h1-7H,8-9H2,(H,18,19). The van der Waals surface area contributed by atoms with Gasteiger partial charge in [-0.1, -0.05) is 17.7 Å². The van der Waals surface area contributed by atoms with Gasteiger partial charge in [0.05, 0.1) is 4.47 Å². The maximum atomic E-state index is 11.7. The number of aromatic nitrogens is 1. The molecule has 0 aliphatic carbocycles. The fourth-order valence-corrected chi connectivity index (χ4v) is 2.29. The van der Waals surface area contributed by atoms with Crippen LogP contribution in [-0.4, -0.2) is 17.5 Å². The van der Waals surface area contributed by atoms with Crippen LogP contribution in [0.3, 0.4) is 0 Å². The van der Waals surface area contributed by atoms with Crippen molar-refractivity contribution in [1.82, 2.24) is 10.3 Å². The summed E-state index contributed by atoms with van der Waals surface area (Å²) < 4.78 is 6.12. The summed E-state index contributed by atoms with van der Waals surface area (Å²) in [6, 6.07) is 8.84. The molecule has 0 atom stereocenters. The second-order valence-electron chi connectivity index (χ2n) is 4.00. The SMILES string of the molecule is O=C(COc1ccc(Cl)cc1Br)NCc1cccnc1. The third kappa shape index (κ3) is 4.51. The molecule has 1 aromatic carbocycles. The average molecular weight is 356 g/mol. The lowest BCUT2D eigenvalue weighted by Gasteiger charge is -2.09. The topological polar surface area (TPSA) is 51.2 Å². The highest BCUT2D eigenvalue weighted by Crippen LogP contribution is 2.27. The summed E-state index contributed by atoms with van der Waals surface area (Å²) >= 11 is 9.15. The minimum absolute atomic E-state index is 0.0551. The Labute approximate surface area is 130 Å². The minimum Gasteiger partial charge on any atom is -0.483 e. The Morgan fingerprint density at radius 2 is 2.25 bits per heavy atom. The summed E-state index contributed by atoms with van der Waals surface area (Å²) in [5.41, 5.74) is 0.938. The van der Waals surface area contributed by atoms with Crippen LogP contribution in [0.1, 0.15) is 5.56 Å². The molecule has 1 aromatic heterocycles. The van der Waals surface area contributed by atoms with Crippen molar-refractivity contribution in [3.05, 3.63) is 57.8 Å². The number of hydrogen-bond acceptors (Lipinski definition) is 3. The molecule has 0 radical (unpaired) electrons. The van der Waals surface area contributed by atoms with Crippen molar-refractivity contribution in [2.75, 3.05) is 6.61 Å². The van der Waals surface area contributed by atoms with Crippen LogP contribution < -0.4 is 10.1 Å². The summed E-state index contributed by atoms with van der Waals surface area (Å²) in [5, 5.41) is 3.36. The second kappa shape index (κ2) is 7.26. The molecule has 0 bridgehead atoms. The van der Waals surface area contributed by atoms with Gasteiger partial charge in [0.15, 0.2) is 6.61 Å². The number of carbonyl (C=O) groups excluding carboxylic acids is 1. The normalized spacial score (nSPS) is 10.1. The molecular formula is C14H12BrClN2O2. The van der Waals surface area contributed by atoms with E-state index in [0.717, 1.165) is 5.56 Å². The summed E-state index contributed by atoms with van der Waals surface area (Å²) in [6.07, 6.45) is 3.39. The van der Waals surface area contributed by atoms with Crippen molar-refractivity contribution in [2.45, 2.75) is 6.54 Å². The summed E-state index contributed by atoms with van der Waals surface area (Å²) in [7, 11) is 0. The molecule has 6 heteroatoms. The molecule has 1 N–H and O–H groups in total. The number of amides is 1. The van der Waals surface area contributed by atoms with Gasteiger partial charge in [0.1, 0.15) is 5.75 Å². The Balaban J connectivity index is 1.80. The number of nitrogens with one attached hydrogen (secondary N) is 1. The van der Waals surface area contributed by atoms with Crippen LogP contribution in [0.15, 0.2) is 47.2 Å². The van der Waals surface area contributed by atoms with Gasteiger partial charge in [-0.2, -0.15) is 0 Å². The lowest BCUT2D eigenvalue weighted by Crippen LogP contribution is -2.28. The Hall–Kier alpha value is -1.59. The van der Waals surface area contributed by atoms with Crippen molar-refractivity contribution < 1.29 is 9.53 Å². The molecule has 2 aromatic rings. The molecule has 2 rings (SSSR count). The zero-order chi connectivity index (χ0) is 14.4. The average Bonchev–Trinajstić information content (AvgIpc) is 2.45.